The van der Waals surface area contributed by atoms with Crippen LogP contribution in [0.4, 0.5) is 11.6 Å². The third-order valence-electron chi connectivity index (χ3n) is 6.81. The van der Waals surface area contributed by atoms with Gasteiger partial charge >= 0.3 is 0 Å². The number of fused-ring (bicyclic) bond motifs is 1. The van der Waals surface area contributed by atoms with Gasteiger partial charge in [0.15, 0.2) is 0 Å². The lowest BCUT2D eigenvalue weighted by molar-refractivity contribution is 0.102. The Morgan fingerprint density at radius 2 is 1.94 bits per heavy atom. The highest BCUT2D eigenvalue weighted by atomic mass is 16.3. The second-order valence-electron chi connectivity index (χ2n) is 9.08. The lowest BCUT2D eigenvalue weighted by Crippen LogP contribution is -2.42. The van der Waals surface area contributed by atoms with Crippen molar-refractivity contribution in [1.29, 1.82) is 5.41 Å². The normalized spacial score (nSPS) is 15.3. The predicted molar refractivity (Wildman–Crippen MR) is 145 cm³/mol. The Hall–Kier alpha value is -3.82. The van der Waals surface area contributed by atoms with Gasteiger partial charge in [-0.1, -0.05) is 12.1 Å². The van der Waals surface area contributed by atoms with Crippen LogP contribution in [0.25, 0.3) is 16.3 Å². The summed E-state index contributed by atoms with van der Waals surface area (Å²) in [6, 6.07) is 11.4. The monoisotopic (exact) mass is 487 g/mol. The quantitative estimate of drug-likeness (QED) is 0.361. The summed E-state index contributed by atoms with van der Waals surface area (Å²) in [4.78, 5) is 26.4. The Balaban J connectivity index is 1.54. The minimum Gasteiger partial charge on any atom is -0.390 e. The van der Waals surface area contributed by atoms with Crippen LogP contribution in [-0.4, -0.2) is 79.0 Å². The first-order valence-electron chi connectivity index (χ1n) is 12.0. The van der Waals surface area contributed by atoms with Gasteiger partial charge in [-0.15, -0.1) is 0 Å². The van der Waals surface area contributed by atoms with E-state index >= 15 is 0 Å². The summed E-state index contributed by atoms with van der Waals surface area (Å²) < 4.78 is 0. The summed E-state index contributed by atoms with van der Waals surface area (Å²) in [7, 11) is 5.89. The number of rotatable bonds is 8. The van der Waals surface area contributed by atoms with Crippen molar-refractivity contribution in [2.24, 2.45) is 0 Å². The molecule has 4 N–H and O–H groups in total. The van der Waals surface area contributed by atoms with Crippen LogP contribution in [0.3, 0.4) is 0 Å². The van der Waals surface area contributed by atoms with Crippen LogP contribution in [0, 0.1) is 5.41 Å². The molecule has 1 aromatic carbocycles. The molecule has 9 heteroatoms. The number of carbonyl (C=O) groups excluding carboxylic acids is 1. The molecule has 1 fully saturated rings. The molecule has 188 valence electrons. The van der Waals surface area contributed by atoms with Crippen molar-refractivity contribution in [3.05, 3.63) is 65.6 Å². The second kappa shape index (κ2) is 11.3. The van der Waals surface area contributed by atoms with E-state index in [-0.39, 0.29) is 12.5 Å². The zero-order valence-corrected chi connectivity index (χ0v) is 21.0. The highest BCUT2D eigenvalue weighted by molar-refractivity contribution is 6.11. The van der Waals surface area contributed by atoms with E-state index in [4.69, 9.17) is 5.41 Å². The van der Waals surface area contributed by atoms with Gasteiger partial charge in [-0.05, 0) is 68.2 Å². The van der Waals surface area contributed by atoms with Crippen LogP contribution in [-0.2, 0) is 0 Å². The van der Waals surface area contributed by atoms with Crippen molar-refractivity contribution in [3.8, 4) is 0 Å². The molecule has 0 bridgehead atoms. The van der Waals surface area contributed by atoms with Gasteiger partial charge in [-0.25, -0.2) is 9.97 Å². The van der Waals surface area contributed by atoms with Crippen molar-refractivity contribution >= 4 is 40.1 Å². The highest BCUT2D eigenvalue weighted by Crippen LogP contribution is 2.24. The maximum atomic E-state index is 13.1. The number of hydrogen-bond donors (Lipinski definition) is 4. The van der Waals surface area contributed by atoms with Gasteiger partial charge in [-0.3, -0.25) is 4.79 Å². The number of aliphatic hydroxyl groups is 1. The van der Waals surface area contributed by atoms with Crippen molar-refractivity contribution in [1.82, 2.24) is 20.2 Å². The number of carbonyl (C=O) groups is 1. The molecular formula is C27H33N7O2. The Morgan fingerprint density at radius 1 is 1.17 bits per heavy atom. The number of allylic oxidation sites excluding steroid dienone is 1. The molecule has 0 saturated carbocycles. The van der Waals surface area contributed by atoms with Gasteiger partial charge in [0, 0.05) is 61.0 Å². The van der Waals surface area contributed by atoms with Gasteiger partial charge in [0.1, 0.15) is 11.6 Å². The smallest absolute Gasteiger partial charge is 0.257 e. The van der Waals surface area contributed by atoms with Crippen molar-refractivity contribution in [2.75, 3.05) is 51.1 Å². The third kappa shape index (κ3) is 5.53. The number of benzene rings is 1. The molecule has 4 rings (SSSR count). The number of anilines is 2. The van der Waals surface area contributed by atoms with Crippen LogP contribution in [0.1, 0.15) is 28.8 Å². The van der Waals surface area contributed by atoms with E-state index in [0.717, 1.165) is 48.1 Å². The number of piperidine rings is 1. The topological polar surface area (TPSA) is 117 Å². The molecule has 3 heterocycles. The molecule has 1 aliphatic heterocycles. The van der Waals surface area contributed by atoms with E-state index in [1.807, 2.05) is 37.4 Å². The minimum absolute atomic E-state index is 0.197. The molecule has 9 nitrogen and oxygen atoms in total. The summed E-state index contributed by atoms with van der Waals surface area (Å²) in [6.45, 7) is 1.91. The molecule has 1 amide bonds. The lowest BCUT2D eigenvalue weighted by Gasteiger charge is -2.35. The molecular weight excluding hydrogens is 454 g/mol. The van der Waals surface area contributed by atoms with Crippen LogP contribution in [0.15, 0.2) is 54.5 Å². The Labute approximate surface area is 211 Å². The lowest BCUT2D eigenvalue weighted by atomic mass is 10.0. The maximum absolute atomic E-state index is 13.1. The van der Waals surface area contributed by atoms with Crippen LogP contribution in [0.5, 0.6) is 0 Å². The maximum Gasteiger partial charge on any atom is 0.257 e. The van der Waals surface area contributed by atoms with E-state index in [1.54, 1.807) is 25.5 Å². The highest BCUT2D eigenvalue weighted by Gasteiger charge is 2.22. The predicted octanol–water partition coefficient (Wildman–Crippen LogP) is 2.98. The summed E-state index contributed by atoms with van der Waals surface area (Å²) >= 11 is 0. The fraction of sp³-hybridized carbons (Fsp3) is 0.333. The minimum atomic E-state index is -0.253. The van der Waals surface area contributed by atoms with Gasteiger partial charge in [0.05, 0.1) is 6.61 Å². The number of amides is 1. The Morgan fingerprint density at radius 3 is 2.64 bits per heavy atom. The zero-order valence-electron chi connectivity index (χ0n) is 21.0. The number of likely N-dealkylation sites (N-methyl/N-ethyl adjacent to an activating group) is 1. The number of nitrogens with one attached hydrogen (secondary N) is 3. The summed E-state index contributed by atoms with van der Waals surface area (Å²) in [5, 5.41) is 25.0. The van der Waals surface area contributed by atoms with Crippen LogP contribution < -0.4 is 15.5 Å². The van der Waals surface area contributed by atoms with E-state index in [0.29, 0.717) is 28.7 Å². The number of nitrogens with zero attached hydrogens (tertiary/aromatic N) is 4. The molecule has 3 aromatic rings. The summed E-state index contributed by atoms with van der Waals surface area (Å²) in [5.74, 6) is 0.961. The van der Waals surface area contributed by atoms with Gasteiger partial charge in [-0.2, -0.15) is 0 Å². The number of aromatic nitrogens is 2. The van der Waals surface area contributed by atoms with E-state index in [2.05, 4.69) is 37.4 Å². The van der Waals surface area contributed by atoms with Gasteiger partial charge < -0.3 is 30.9 Å². The van der Waals surface area contributed by atoms with Crippen LogP contribution in [0.2, 0.25) is 0 Å². The summed E-state index contributed by atoms with van der Waals surface area (Å²) in [5.41, 5.74) is 2.47. The first-order valence-corrected chi connectivity index (χ1v) is 12.0. The largest absolute Gasteiger partial charge is 0.390 e. The second-order valence-corrected chi connectivity index (χ2v) is 9.08. The van der Waals surface area contributed by atoms with Crippen LogP contribution >= 0.6 is 0 Å². The number of likely N-dealkylation sites (tertiary alicyclic amines) is 1. The molecule has 0 spiro atoms. The third-order valence-corrected chi connectivity index (χ3v) is 6.81. The van der Waals surface area contributed by atoms with E-state index < -0.39 is 0 Å². The van der Waals surface area contributed by atoms with Gasteiger partial charge in [0.25, 0.3) is 5.91 Å². The van der Waals surface area contributed by atoms with Crippen molar-refractivity contribution in [3.63, 3.8) is 0 Å². The van der Waals surface area contributed by atoms with Crippen molar-refractivity contribution in [2.45, 2.75) is 18.9 Å². The molecule has 2 aromatic heterocycles. The zero-order chi connectivity index (χ0) is 25.7. The van der Waals surface area contributed by atoms with Crippen molar-refractivity contribution < 1.29 is 9.90 Å². The molecule has 1 aliphatic rings. The average Bonchev–Trinajstić information content (AvgIpc) is 2.91. The number of aliphatic hydroxyl groups excluding tert-OH is 1. The number of hydrogen-bond acceptors (Lipinski definition) is 8. The molecule has 0 aliphatic carbocycles. The SMILES string of the molecule is CN/C(CO)=C(\C=N)c1ccc2cnc(NC(=O)c3ccnc(N(C)C4CCN(C)CC4)c3)cc2c1. The fourth-order valence-electron chi connectivity index (χ4n) is 4.53. The van der Waals surface area contributed by atoms with Gasteiger partial charge in [0.2, 0.25) is 0 Å². The molecule has 0 atom stereocenters. The standard InChI is InChI=1S/C27H33N7O2/c1-29-24(17-35)23(15-28)18-4-5-20-16-31-25(13-21(20)12-18)32-27(36)19-6-9-30-26(14-19)34(3)22-7-10-33(2)11-8-22/h4-6,9,12-16,22,28-29,35H,7-8,10-11,17H2,1-3H3,(H,31,32,36)/b24-23+,28-15?. The first-order chi connectivity index (χ1) is 17.4. The molecule has 0 radical (unpaired) electrons. The average molecular weight is 488 g/mol. The molecule has 0 unspecified atom stereocenters. The number of pyridine rings is 2. The van der Waals surface area contributed by atoms with E-state index in [9.17, 15) is 9.90 Å². The van der Waals surface area contributed by atoms with E-state index in [1.165, 1.54) is 6.21 Å². The molecule has 36 heavy (non-hydrogen) atoms. The molecule has 1 saturated heterocycles. The Bertz CT molecular complexity index is 1280. The first kappa shape index (κ1) is 25.3. The fourth-order valence-corrected chi connectivity index (χ4v) is 4.53. The summed E-state index contributed by atoms with van der Waals surface area (Å²) in [6.07, 6.45) is 6.73. The Kier molecular flexibility index (Phi) is 7.92.